The van der Waals surface area contributed by atoms with Crippen LogP contribution in [-0.4, -0.2) is 78.4 Å². The number of piperidine rings is 1. The van der Waals surface area contributed by atoms with Crippen molar-refractivity contribution in [3.05, 3.63) is 46.3 Å². The van der Waals surface area contributed by atoms with Crippen LogP contribution < -0.4 is 10.6 Å². The first-order valence-corrected chi connectivity index (χ1v) is 13.2. The lowest BCUT2D eigenvalue weighted by Crippen LogP contribution is -2.41. The van der Waals surface area contributed by atoms with Crippen molar-refractivity contribution in [1.82, 2.24) is 14.8 Å². The topological polar surface area (TPSA) is 107 Å². The number of aryl methyl sites for hydroxylation is 1. The Hall–Kier alpha value is -3.43. The molecule has 0 radical (unpaired) electrons. The van der Waals surface area contributed by atoms with Crippen LogP contribution in [0.2, 0.25) is 0 Å². The van der Waals surface area contributed by atoms with Crippen LogP contribution in [0.4, 0.5) is 11.4 Å². The predicted molar refractivity (Wildman–Crippen MR) is 143 cm³/mol. The lowest BCUT2D eigenvalue weighted by atomic mass is 10.0. The molecule has 5 rings (SSSR count). The summed E-state index contributed by atoms with van der Waals surface area (Å²) in [5.41, 5.74) is 5.53. The Morgan fingerprint density at radius 2 is 1.84 bits per heavy atom. The van der Waals surface area contributed by atoms with Crippen molar-refractivity contribution in [2.75, 3.05) is 56.6 Å². The first kappa shape index (κ1) is 25.2. The molecule has 0 spiro atoms. The molecule has 3 aliphatic rings. The average Bonchev–Trinajstić information content (AvgIpc) is 3.37. The molecule has 0 bridgehead atoms. The highest BCUT2D eigenvalue weighted by Crippen LogP contribution is 2.36. The van der Waals surface area contributed by atoms with Gasteiger partial charge in [0.25, 0.3) is 11.8 Å². The van der Waals surface area contributed by atoms with E-state index in [0.29, 0.717) is 55.2 Å². The number of hydrogen-bond donors (Lipinski definition) is 3. The molecule has 196 valence electrons. The molecule has 3 amide bonds. The van der Waals surface area contributed by atoms with E-state index in [1.165, 1.54) is 19.3 Å². The minimum absolute atomic E-state index is 0.0231. The second-order valence-corrected chi connectivity index (χ2v) is 10.0. The molecule has 0 unspecified atom stereocenters. The lowest BCUT2D eigenvalue weighted by Gasteiger charge is -2.27. The molecule has 0 aliphatic carbocycles. The highest BCUT2D eigenvalue weighted by Gasteiger charge is 2.28. The van der Waals surface area contributed by atoms with Crippen LogP contribution in [0.25, 0.3) is 11.6 Å². The van der Waals surface area contributed by atoms with E-state index in [2.05, 4.69) is 20.5 Å². The number of morpholine rings is 1. The Kier molecular flexibility index (Phi) is 7.43. The number of likely N-dealkylation sites (tertiary alicyclic amines) is 1. The number of rotatable bonds is 6. The van der Waals surface area contributed by atoms with Gasteiger partial charge in [-0.25, -0.2) is 0 Å². The number of benzene rings is 1. The fourth-order valence-corrected chi connectivity index (χ4v) is 5.38. The van der Waals surface area contributed by atoms with Crippen LogP contribution in [0.5, 0.6) is 0 Å². The molecule has 2 saturated heterocycles. The van der Waals surface area contributed by atoms with E-state index in [1.54, 1.807) is 11.0 Å². The highest BCUT2D eigenvalue weighted by molar-refractivity contribution is 6.35. The SMILES string of the molecule is Cc1[nH]c(C=C2C(=O)Nc3ccc(NC(=O)CCN4CCCCC4)cc32)c(C)c1C(=O)N1CCOCC1. The van der Waals surface area contributed by atoms with Gasteiger partial charge in [0.15, 0.2) is 0 Å². The van der Waals surface area contributed by atoms with E-state index in [0.717, 1.165) is 42.1 Å². The number of amides is 3. The summed E-state index contributed by atoms with van der Waals surface area (Å²) in [5.74, 6) is -0.267. The molecule has 37 heavy (non-hydrogen) atoms. The van der Waals surface area contributed by atoms with E-state index in [1.807, 2.05) is 32.0 Å². The summed E-state index contributed by atoms with van der Waals surface area (Å²) in [4.78, 5) is 46.1. The van der Waals surface area contributed by atoms with Crippen LogP contribution in [0, 0.1) is 13.8 Å². The summed E-state index contributed by atoms with van der Waals surface area (Å²) in [6.07, 6.45) is 5.91. The summed E-state index contributed by atoms with van der Waals surface area (Å²) in [7, 11) is 0. The van der Waals surface area contributed by atoms with E-state index in [-0.39, 0.29) is 17.7 Å². The molecular formula is C28H35N5O4. The van der Waals surface area contributed by atoms with Crippen LogP contribution >= 0.6 is 0 Å². The second-order valence-electron chi connectivity index (χ2n) is 10.0. The number of aromatic nitrogens is 1. The van der Waals surface area contributed by atoms with Crippen molar-refractivity contribution in [1.29, 1.82) is 0 Å². The molecule has 3 N–H and O–H groups in total. The van der Waals surface area contributed by atoms with Gasteiger partial charge in [0.05, 0.1) is 24.4 Å². The first-order chi connectivity index (χ1) is 17.9. The standard InChI is InChI=1S/C28H35N5O4/c1-18-24(29-19(2)26(18)28(36)33-12-14-37-15-13-33)17-22-21-16-20(6-7-23(21)31-27(22)35)30-25(34)8-11-32-9-4-3-5-10-32/h6-7,16-17,29H,3-5,8-15H2,1-2H3,(H,30,34)(H,31,35). The number of fused-ring (bicyclic) bond motifs is 1. The molecule has 0 atom stereocenters. The van der Waals surface area contributed by atoms with Crippen LogP contribution in [0.15, 0.2) is 18.2 Å². The summed E-state index contributed by atoms with van der Waals surface area (Å²) in [5, 5.41) is 5.89. The van der Waals surface area contributed by atoms with E-state index in [9.17, 15) is 14.4 Å². The van der Waals surface area contributed by atoms with Crippen molar-refractivity contribution < 1.29 is 19.1 Å². The van der Waals surface area contributed by atoms with E-state index < -0.39 is 0 Å². The summed E-state index contributed by atoms with van der Waals surface area (Å²) >= 11 is 0. The number of ether oxygens (including phenoxy) is 1. The number of nitrogens with one attached hydrogen (secondary N) is 3. The molecule has 1 aromatic carbocycles. The summed E-state index contributed by atoms with van der Waals surface area (Å²) < 4.78 is 5.38. The highest BCUT2D eigenvalue weighted by atomic mass is 16.5. The number of anilines is 2. The van der Waals surface area contributed by atoms with Gasteiger partial charge >= 0.3 is 0 Å². The quantitative estimate of drug-likeness (QED) is 0.522. The zero-order valence-electron chi connectivity index (χ0n) is 21.6. The van der Waals surface area contributed by atoms with Gasteiger partial charge in [0, 0.05) is 54.4 Å². The lowest BCUT2D eigenvalue weighted by molar-refractivity contribution is -0.116. The zero-order chi connectivity index (χ0) is 25.9. The molecule has 4 heterocycles. The molecular weight excluding hydrogens is 470 g/mol. The van der Waals surface area contributed by atoms with E-state index >= 15 is 0 Å². The van der Waals surface area contributed by atoms with Gasteiger partial charge in [-0.05, 0) is 69.6 Å². The fourth-order valence-electron chi connectivity index (χ4n) is 5.38. The third kappa shape index (κ3) is 5.47. The number of nitrogens with zero attached hydrogens (tertiary/aromatic N) is 2. The average molecular weight is 506 g/mol. The summed E-state index contributed by atoms with van der Waals surface area (Å²) in [6.45, 7) is 8.89. The van der Waals surface area contributed by atoms with Crippen molar-refractivity contribution in [2.45, 2.75) is 39.5 Å². The number of carbonyl (C=O) groups excluding carboxylic acids is 3. The zero-order valence-corrected chi connectivity index (χ0v) is 21.6. The van der Waals surface area contributed by atoms with Gasteiger partial charge in [0.2, 0.25) is 5.91 Å². The number of H-pyrrole nitrogens is 1. The van der Waals surface area contributed by atoms with Crippen LogP contribution in [-0.2, 0) is 14.3 Å². The first-order valence-electron chi connectivity index (χ1n) is 13.2. The monoisotopic (exact) mass is 505 g/mol. The Balaban J connectivity index is 1.33. The van der Waals surface area contributed by atoms with Gasteiger partial charge in [-0.3, -0.25) is 14.4 Å². The van der Waals surface area contributed by atoms with Gasteiger partial charge in [-0.15, -0.1) is 0 Å². The van der Waals surface area contributed by atoms with Gasteiger partial charge in [-0.2, -0.15) is 0 Å². The molecule has 2 aromatic rings. The van der Waals surface area contributed by atoms with Crippen molar-refractivity contribution in [2.24, 2.45) is 0 Å². The minimum Gasteiger partial charge on any atom is -0.378 e. The Morgan fingerprint density at radius 1 is 1.08 bits per heavy atom. The third-order valence-corrected chi connectivity index (χ3v) is 7.47. The number of hydrogen-bond acceptors (Lipinski definition) is 5. The molecule has 9 nitrogen and oxygen atoms in total. The smallest absolute Gasteiger partial charge is 0.256 e. The maximum atomic E-state index is 13.2. The fraction of sp³-hybridized carbons (Fsp3) is 0.464. The van der Waals surface area contributed by atoms with Gasteiger partial charge < -0.3 is 30.2 Å². The molecule has 1 aromatic heterocycles. The van der Waals surface area contributed by atoms with Crippen molar-refractivity contribution >= 4 is 40.7 Å². The summed E-state index contributed by atoms with van der Waals surface area (Å²) in [6, 6.07) is 5.46. The van der Waals surface area contributed by atoms with Crippen molar-refractivity contribution in [3.8, 4) is 0 Å². The van der Waals surface area contributed by atoms with E-state index in [4.69, 9.17) is 4.74 Å². The number of aromatic amines is 1. The van der Waals surface area contributed by atoms with Crippen LogP contribution in [0.3, 0.4) is 0 Å². The largest absolute Gasteiger partial charge is 0.378 e. The maximum absolute atomic E-state index is 13.2. The minimum atomic E-state index is -0.212. The molecule has 2 fully saturated rings. The Labute approximate surface area is 217 Å². The predicted octanol–water partition coefficient (Wildman–Crippen LogP) is 3.41. The second kappa shape index (κ2) is 10.9. The Morgan fingerprint density at radius 3 is 2.59 bits per heavy atom. The van der Waals surface area contributed by atoms with Gasteiger partial charge in [0.1, 0.15) is 0 Å². The normalized spacial score (nSPS) is 19.1. The molecule has 9 heteroatoms. The van der Waals surface area contributed by atoms with Gasteiger partial charge in [-0.1, -0.05) is 6.42 Å². The molecule has 3 aliphatic heterocycles. The Bertz CT molecular complexity index is 1240. The number of carbonyl (C=O) groups is 3. The maximum Gasteiger partial charge on any atom is 0.256 e. The van der Waals surface area contributed by atoms with Crippen molar-refractivity contribution in [3.63, 3.8) is 0 Å². The van der Waals surface area contributed by atoms with Crippen LogP contribution in [0.1, 0.15) is 58.6 Å². The molecule has 0 saturated carbocycles. The third-order valence-electron chi connectivity index (χ3n) is 7.47.